The molecule has 9 heteroatoms. The number of halogens is 2. The van der Waals surface area contributed by atoms with Crippen LogP contribution in [0.15, 0.2) is 72.3 Å². The summed E-state index contributed by atoms with van der Waals surface area (Å²) in [5.74, 6) is -2.67. The number of Topliss-reactive ketones (excluding diaryl/α,β-unsaturated/α-hetero) is 1. The second kappa shape index (κ2) is 8.35. The number of benzene rings is 3. The van der Waals surface area contributed by atoms with Crippen molar-refractivity contribution < 1.29 is 28.2 Å². The molecule has 1 aliphatic rings. The lowest BCUT2D eigenvalue weighted by Gasteiger charge is -2.23. The van der Waals surface area contributed by atoms with Gasteiger partial charge in [-0.2, -0.15) is 0 Å². The molecule has 0 radical (unpaired) electrons. The average molecular weight is 478 g/mol. The number of hydrogen-bond donors (Lipinski definition) is 1. The first kappa shape index (κ1) is 21.7. The molecule has 0 aliphatic carbocycles. The van der Waals surface area contributed by atoms with Crippen molar-refractivity contribution in [3.05, 3.63) is 95.1 Å². The van der Waals surface area contributed by atoms with Crippen LogP contribution >= 0.6 is 11.3 Å². The molecule has 1 aliphatic heterocycles. The van der Waals surface area contributed by atoms with Gasteiger partial charge in [-0.1, -0.05) is 23.5 Å². The number of aliphatic hydroxyl groups is 1. The molecule has 2 heterocycles. The molecule has 1 N–H and O–H groups in total. The van der Waals surface area contributed by atoms with E-state index in [1.807, 2.05) is 0 Å². The number of thiazole rings is 1. The van der Waals surface area contributed by atoms with Gasteiger partial charge in [0.2, 0.25) is 0 Å². The number of ketones is 1. The van der Waals surface area contributed by atoms with Crippen molar-refractivity contribution in [3.8, 4) is 5.75 Å². The van der Waals surface area contributed by atoms with Gasteiger partial charge in [0.05, 0.1) is 28.9 Å². The number of rotatable bonds is 4. The van der Waals surface area contributed by atoms with E-state index in [9.17, 15) is 23.5 Å². The Morgan fingerprint density at radius 3 is 2.29 bits per heavy atom. The number of aliphatic hydroxyl groups excluding tert-OH is 1. The Morgan fingerprint density at radius 1 is 1.00 bits per heavy atom. The Balaban J connectivity index is 1.71. The van der Waals surface area contributed by atoms with Gasteiger partial charge < -0.3 is 9.84 Å². The highest BCUT2D eigenvalue weighted by Gasteiger charge is 2.48. The van der Waals surface area contributed by atoms with Gasteiger partial charge in [0, 0.05) is 5.56 Å². The summed E-state index contributed by atoms with van der Waals surface area (Å²) in [7, 11) is 1.53. The molecule has 170 valence electrons. The molecule has 0 bridgehead atoms. The van der Waals surface area contributed by atoms with E-state index in [0.717, 1.165) is 16.8 Å². The highest BCUT2D eigenvalue weighted by atomic mass is 32.1. The number of nitrogens with zero attached hydrogens (tertiary/aromatic N) is 2. The molecule has 1 fully saturated rings. The summed E-state index contributed by atoms with van der Waals surface area (Å²) in [6.07, 6.45) is 0. The minimum absolute atomic E-state index is 0.167. The first-order valence-electron chi connectivity index (χ1n) is 10.1. The zero-order valence-corrected chi connectivity index (χ0v) is 18.5. The van der Waals surface area contributed by atoms with E-state index in [2.05, 4.69) is 4.98 Å². The largest absolute Gasteiger partial charge is 0.507 e. The summed E-state index contributed by atoms with van der Waals surface area (Å²) in [6.45, 7) is 0. The van der Waals surface area contributed by atoms with E-state index in [4.69, 9.17) is 4.74 Å². The third-order valence-electron chi connectivity index (χ3n) is 5.54. The Hall–Kier alpha value is -4.11. The van der Waals surface area contributed by atoms with Gasteiger partial charge in [-0.15, -0.1) is 0 Å². The molecule has 3 aromatic carbocycles. The Labute approximate surface area is 196 Å². The summed E-state index contributed by atoms with van der Waals surface area (Å²) < 4.78 is 33.0. The van der Waals surface area contributed by atoms with Crippen LogP contribution in [-0.2, 0) is 9.59 Å². The summed E-state index contributed by atoms with van der Waals surface area (Å²) >= 11 is 1.18. The molecule has 1 amide bonds. The van der Waals surface area contributed by atoms with Gasteiger partial charge in [0.25, 0.3) is 5.78 Å². The number of carbonyl (C=O) groups excluding carboxylic acids is 2. The smallest absolute Gasteiger partial charge is 0.301 e. The van der Waals surface area contributed by atoms with E-state index in [1.165, 1.54) is 59.7 Å². The van der Waals surface area contributed by atoms with E-state index in [1.54, 1.807) is 18.2 Å². The zero-order chi connectivity index (χ0) is 24.0. The average Bonchev–Trinajstić information content (AvgIpc) is 3.37. The molecule has 4 aromatic rings. The topological polar surface area (TPSA) is 79.7 Å². The lowest BCUT2D eigenvalue weighted by Crippen LogP contribution is -2.29. The number of methoxy groups -OCH3 is 1. The maximum absolute atomic E-state index is 13.7. The van der Waals surface area contributed by atoms with Crippen molar-refractivity contribution in [2.75, 3.05) is 12.0 Å². The van der Waals surface area contributed by atoms with Crippen molar-refractivity contribution >= 4 is 44.1 Å². The highest BCUT2D eigenvalue weighted by Crippen LogP contribution is 2.44. The van der Waals surface area contributed by atoms with E-state index in [-0.39, 0.29) is 16.3 Å². The third-order valence-corrected chi connectivity index (χ3v) is 6.56. The van der Waals surface area contributed by atoms with Crippen LogP contribution in [0.5, 0.6) is 5.75 Å². The SMILES string of the molecule is COc1ccc2nc(N3C(=O)C(=O)C(=C(O)c4ccc(F)cc4)C3c3ccc(F)cc3)sc2c1. The predicted octanol–water partition coefficient (Wildman–Crippen LogP) is 5.21. The van der Waals surface area contributed by atoms with Crippen LogP contribution in [0, 0.1) is 11.6 Å². The van der Waals surface area contributed by atoms with Crippen molar-refractivity contribution in [2.45, 2.75) is 6.04 Å². The second-order valence-electron chi connectivity index (χ2n) is 7.56. The fourth-order valence-electron chi connectivity index (χ4n) is 3.88. The van der Waals surface area contributed by atoms with Crippen LogP contribution < -0.4 is 9.64 Å². The molecule has 1 aromatic heterocycles. The second-order valence-corrected chi connectivity index (χ2v) is 8.57. The molecule has 0 saturated carbocycles. The third kappa shape index (κ3) is 3.60. The number of anilines is 1. The van der Waals surface area contributed by atoms with Gasteiger partial charge in [0.1, 0.15) is 23.1 Å². The Kier molecular flexibility index (Phi) is 5.33. The van der Waals surface area contributed by atoms with Crippen molar-refractivity contribution in [2.24, 2.45) is 0 Å². The predicted molar refractivity (Wildman–Crippen MR) is 124 cm³/mol. The van der Waals surface area contributed by atoms with Crippen LogP contribution in [0.2, 0.25) is 0 Å². The van der Waals surface area contributed by atoms with Gasteiger partial charge >= 0.3 is 5.91 Å². The van der Waals surface area contributed by atoms with E-state index in [0.29, 0.717) is 16.8 Å². The number of hydrogen-bond acceptors (Lipinski definition) is 6. The van der Waals surface area contributed by atoms with Crippen molar-refractivity contribution in [3.63, 3.8) is 0 Å². The van der Waals surface area contributed by atoms with Crippen molar-refractivity contribution in [1.82, 2.24) is 4.98 Å². The lowest BCUT2D eigenvalue weighted by atomic mass is 9.95. The van der Waals surface area contributed by atoms with Crippen LogP contribution in [-0.4, -0.2) is 28.9 Å². The number of carbonyl (C=O) groups is 2. The molecule has 1 atom stereocenters. The molecule has 34 heavy (non-hydrogen) atoms. The van der Waals surface area contributed by atoms with Crippen LogP contribution in [0.4, 0.5) is 13.9 Å². The van der Waals surface area contributed by atoms with Gasteiger partial charge in [-0.05, 0) is 60.2 Å². The number of ether oxygens (including phenoxy) is 1. The van der Waals surface area contributed by atoms with Crippen LogP contribution in [0.1, 0.15) is 17.2 Å². The zero-order valence-electron chi connectivity index (χ0n) is 17.7. The van der Waals surface area contributed by atoms with E-state index >= 15 is 0 Å². The molecule has 1 unspecified atom stereocenters. The maximum Gasteiger partial charge on any atom is 0.301 e. The van der Waals surface area contributed by atoms with Crippen molar-refractivity contribution in [1.29, 1.82) is 0 Å². The lowest BCUT2D eigenvalue weighted by molar-refractivity contribution is -0.132. The number of fused-ring (bicyclic) bond motifs is 1. The quantitative estimate of drug-likeness (QED) is 0.248. The first-order chi connectivity index (χ1) is 16.4. The number of amides is 1. The summed E-state index contributed by atoms with van der Waals surface area (Å²) in [5, 5.41) is 11.2. The molecule has 6 nitrogen and oxygen atoms in total. The molecule has 1 saturated heterocycles. The summed E-state index contributed by atoms with van der Waals surface area (Å²) in [6, 6.07) is 14.3. The van der Waals surface area contributed by atoms with Gasteiger partial charge in [-0.25, -0.2) is 13.8 Å². The maximum atomic E-state index is 13.7. The summed E-state index contributed by atoms with van der Waals surface area (Å²) in [4.78, 5) is 32.0. The van der Waals surface area contributed by atoms with E-state index < -0.39 is 35.1 Å². The first-order valence-corrected chi connectivity index (χ1v) is 11.0. The molecular formula is C25H16F2N2O4S. The minimum Gasteiger partial charge on any atom is -0.507 e. The molecule has 0 spiro atoms. The highest BCUT2D eigenvalue weighted by molar-refractivity contribution is 7.22. The monoisotopic (exact) mass is 478 g/mol. The molecular weight excluding hydrogens is 462 g/mol. The fourth-order valence-corrected chi connectivity index (χ4v) is 4.90. The number of aromatic nitrogens is 1. The standard InChI is InChI=1S/C25H16F2N2O4S/c1-33-17-10-11-18-19(12-17)34-25(28-18)29-21(13-2-6-15(26)7-3-13)20(23(31)24(29)32)22(30)14-4-8-16(27)9-5-14/h2-12,21,30H,1H3. The van der Waals surface area contributed by atoms with Gasteiger partial charge in [0.15, 0.2) is 5.13 Å². The van der Waals surface area contributed by atoms with Gasteiger partial charge in [-0.3, -0.25) is 14.5 Å². The van der Waals surface area contributed by atoms with Crippen LogP contribution in [0.25, 0.3) is 16.0 Å². The normalized spacial score (nSPS) is 17.5. The Morgan fingerprint density at radius 2 is 1.65 bits per heavy atom. The fraction of sp³-hybridized carbons (Fsp3) is 0.0800. The van der Waals surface area contributed by atoms with Crippen LogP contribution in [0.3, 0.4) is 0 Å². The summed E-state index contributed by atoms with van der Waals surface area (Å²) in [5.41, 5.74) is 0.973. The Bertz CT molecular complexity index is 1460. The molecule has 5 rings (SSSR count). The minimum atomic E-state index is -1.06.